The predicted octanol–water partition coefficient (Wildman–Crippen LogP) is 3.51. The number of sulfonamides is 1. The lowest BCUT2D eigenvalue weighted by atomic mass is 9.94. The second kappa shape index (κ2) is 7.47. The number of nitrogens with zero attached hydrogens (tertiary/aromatic N) is 1. The number of anilines is 1. The van der Waals surface area contributed by atoms with E-state index in [-0.39, 0.29) is 30.0 Å². The molecule has 0 bridgehead atoms. The zero-order valence-electron chi connectivity index (χ0n) is 14.9. The van der Waals surface area contributed by atoms with Crippen LogP contribution >= 0.6 is 0 Å². The van der Waals surface area contributed by atoms with Gasteiger partial charge in [-0.2, -0.15) is 18.3 Å². The molecule has 0 aromatic heterocycles. The summed E-state index contributed by atoms with van der Waals surface area (Å²) >= 11 is 0. The minimum atomic E-state index is -4.81. The third kappa shape index (κ3) is 4.56. The summed E-state index contributed by atoms with van der Waals surface area (Å²) in [7, 11) is -4.59. The Bertz CT molecular complexity index is 1080. The van der Waals surface area contributed by atoms with Crippen molar-refractivity contribution in [3.8, 4) is 0 Å². The van der Waals surface area contributed by atoms with Gasteiger partial charge in [-0.15, -0.1) is 0 Å². The molecule has 0 saturated carbocycles. The summed E-state index contributed by atoms with van der Waals surface area (Å²) in [5.41, 5.74) is 2.34. The number of hydrazone groups is 1. The summed E-state index contributed by atoms with van der Waals surface area (Å²) in [6.07, 6.45) is -4.56. The zero-order valence-corrected chi connectivity index (χ0v) is 15.7. The van der Waals surface area contributed by atoms with Crippen molar-refractivity contribution in [3.63, 3.8) is 0 Å². The maximum Gasteiger partial charge on any atom is 0.416 e. The van der Waals surface area contributed by atoms with Crippen LogP contribution in [0.1, 0.15) is 24.5 Å². The van der Waals surface area contributed by atoms with E-state index in [0.717, 1.165) is 0 Å². The van der Waals surface area contributed by atoms with Gasteiger partial charge in [-0.05, 0) is 35.9 Å². The molecule has 0 aliphatic carbocycles. The minimum Gasteiger partial charge on any atom is -0.280 e. The molecular weight excluding hydrogens is 414 g/mol. The molecule has 1 amide bonds. The molecule has 0 radical (unpaired) electrons. The molecule has 1 heterocycles. The first-order valence-corrected chi connectivity index (χ1v) is 9.82. The van der Waals surface area contributed by atoms with Gasteiger partial charge in [0.1, 0.15) is 10.7 Å². The fraction of sp³-hybridized carbons (Fsp3) is 0.222. The van der Waals surface area contributed by atoms with Crippen molar-refractivity contribution in [1.82, 2.24) is 5.43 Å². The number of alkyl halides is 3. The second-order valence-corrected chi connectivity index (χ2v) is 8.11. The van der Waals surface area contributed by atoms with Gasteiger partial charge in [-0.1, -0.05) is 19.1 Å². The SMILES string of the molecule is C[C@@H]1CC(=O)NN=C1c1ccc(NS(=O)(=O)c2cc(C(F)(F)F)ccc2F)cc1. The van der Waals surface area contributed by atoms with E-state index in [4.69, 9.17) is 0 Å². The quantitative estimate of drug-likeness (QED) is 0.730. The number of nitrogens with one attached hydrogen (secondary N) is 2. The summed E-state index contributed by atoms with van der Waals surface area (Å²) in [5, 5.41) is 3.98. The third-order valence-electron chi connectivity index (χ3n) is 4.24. The number of rotatable bonds is 4. The standard InChI is InChI=1S/C18H15F4N3O3S/c1-10-8-16(26)23-24-17(10)11-2-5-13(6-3-11)25-29(27,28)15-9-12(18(20,21)22)4-7-14(15)19/h2-7,9-10,25H,8H2,1H3,(H,23,26)/t10-/m1/s1. The van der Waals surface area contributed by atoms with E-state index in [1.54, 1.807) is 0 Å². The highest BCUT2D eigenvalue weighted by Gasteiger charge is 2.33. The molecule has 11 heteroatoms. The number of carbonyl (C=O) groups excluding carboxylic acids is 1. The molecule has 0 unspecified atom stereocenters. The number of carbonyl (C=O) groups is 1. The molecule has 0 saturated heterocycles. The summed E-state index contributed by atoms with van der Waals surface area (Å²) in [6, 6.07) is 6.97. The Kier molecular flexibility index (Phi) is 5.35. The average molecular weight is 429 g/mol. The van der Waals surface area contributed by atoms with Crippen LogP contribution in [-0.4, -0.2) is 20.0 Å². The van der Waals surface area contributed by atoms with Gasteiger partial charge in [0.05, 0.1) is 11.3 Å². The van der Waals surface area contributed by atoms with Gasteiger partial charge in [-0.25, -0.2) is 18.2 Å². The molecule has 0 spiro atoms. The van der Waals surface area contributed by atoms with E-state index < -0.39 is 32.5 Å². The number of halogens is 4. The topological polar surface area (TPSA) is 87.6 Å². The van der Waals surface area contributed by atoms with Crippen molar-refractivity contribution >= 4 is 27.3 Å². The molecular formula is C18H15F4N3O3S. The van der Waals surface area contributed by atoms with Crippen LogP contribution in [0.5, 0.6) is 0 Å². The van der Waals surface area contributed by atoms with Crippen LogP contribution in [0.15, 0.2) is 52.5 Å². The Morgan fingerprint density at radius 3 is 2.38 bits per heavy atom. The van der Waals surface area contributed by atoms with Gasteiger partial charge in [0, 0.05) is 18.0 Å². The van der Waals surface area contributed by atoms with Gasteiger partial charge >= 0.3 is 6.18 Å². The molecule has 3 rings (SSSR count). The number of benzene rings is 2. The maximum atomic E-state index is 13.9. The monoisotopic (exact) mass is 429 g/mol. The summed E-state index contributed by atoms with van der Waals surface area (Å²) in [4.78, 5) is 10.2. The van der Waals surface area contributed by atoms with Crippen LogP contribution in [0.2, 0.25) is 0 Å². The van der Waals surface area contributed by atoms with Crippen molar-refractivity contribution in [3.05, 3.63) is 59.4 Å². The fourth-order valence-electron chi connectivity index (χ4n) is 2.81. The van der Waals surface area contributed by atoms with Gasteiger partial charge < -0.3 is 0 Å². The van der Waals surface area contributed by atoms with E-state index in [0.29, 0.717) is 23.4 Å². The first kappa shape index (κ1) is 20.8. The maximum absolute atomic E-state index is 13.9. The largest absolute Gasteiger partial charge is 0.416 e. The van der Waals surface area contributed by atoms with Crippen molar-refractivity contribution in [2.24, 2.45) is 11.0 Å². The van der Waals surface area contributed by atoms with Crippen molar-refractivity contribution in [2.45, 2.75) is 24.4 Å². The molecule has 1 aliphatic heterocycles. The van der Waals surface area contributed by atoms with Gasteiger partial charge in [0.2, 0.25) is 5.91 Å². The van der Waals surface area contributed by atoms with E-state index in [2.05, 4.69) is 15.2 Å². The molecule has 0 fully saturated rings. The van der Waals surface area contributed by atoms with E-state index in [1.165, 1.54) is 24.3 Å². The number of hydrogen-bond donors (Lipinski definition) is 2. The van der Waals surface area contributed by atoms with Crippen molar-refractivity contribution in [2.75, 3.05) is 4.72 Å². The first-order valence-electron chi connectivity index (χ1n) is 8.34. The van der Waals surface area contributed by atoms with Crippen LogP contribution in [0.4, 0.5) is 23.2 Å². The van der Waals surface area contributed by atoms with Gasteiger partial charge in [-0.3, -0.25) is 9.52 Å². The Balaban J connectivity index is 1.86. The first-order chi connectivity index (χ1) is 13.5. The molecule has 29 heavy (non-hydrogen) atoms. The Labute approximate surface area is 163 Å². The van der Waals surface area contributed by atoms with E-state index in [1.807, 2.05) is 6.92 Å². The van der Waals surface area contributed by atoms with Crippen LogP contribution in [0.3, 0.4) is 0 Å². The van der Waals surface area contributed by atoms with Crippen molar-refractivity contribution in [1.29, 1.82) is 0 Å². The van der Waals surface area contributed by atoms with Crippen molar-refractivity contribution < 1.29 is 30.8 Å². The van der Waals surface area contributed by atoms with E-state index in [9.17, 15) is 30.8 Å². The number of amides is 1. The third-order valence-corrected chi connectivity index (χ3v) is 5.64. The lowest BCUT2D eigenvalue weighted by molar-refractivity contribution is -0.137. The Hall–Kier alpha value is -2.95. The molecule has 2 N–H and O–H groups in total. The normalized spacial score (nSPS) is 17.5. The van der Waals surface area contributed by atoms with Crippen LogP contribution in [0.25, 0.3) is 0 Å². The van der Waals surface area contributed by atoms with Crippen LogP contribution in [-0.2, 0) is 21.0 Å². The minimum absolute atomic E-state index is 0.0265. The van der Waals surface area contributed by atoms with Gasteiger partial charge in [0.25, 0.3) is 10.0 Å². The predicted molar refractivity (Wildman–Crippen MR) is 97.1 cm³/mol. The highest BCUT2D eigenvalue weighted by molar-refractivity contribution is 7.92. The second-order valence-electron chi connectivity index (χ2n) is 6.46. The summed E-state index contributed by atoms with van der Waals surface area (Å²) in [5.74, 6) is -1.66. The highest BCUT2D eigenvalue weighted by atomic mass is 32.2. The molecule has 2 aromatic rings. The van der Waals surface area contributed by atoms with Crippen LogP contribution in [0, 0.1) is 11.7 Å². The van der Waals surface area contributed by atoms with E-state index >= 15 is 0 Å². The number of hydrogen-bond acceptors (Lipinski definition) is 4. The Morgan fingerprint density at radius 1 is 1.14 bits per heavy atom. The molecule has 6 nitrogen and oxygen atoms in total. The lowest BCUT2D eigenvalue weighted by Crippen LogP contribution is -2.31. The highest BCUT2D eigenvalue weighted by Crippen LogP contribution is 2.32. The molecule has 1 aliphatic rings. The zero-order chi connectivity index (χ0) is 21.4. The summed E-state index contributed by atoms with van der Waals surface area (Å²) < 4.78 is 79.2. The molecule has 2 aromatic carbocycles. The van der Waals surface area contributed by atoms with Gasteiger partial charge in [0.15, 0.2) is 0 Å². The molecule has 154 valence electrons. The summed E-state index contributed by atoms with van der Waals surface area (Å²) in [6.45, 7) is 1.81. The lowest BCUT2D eigenvalue weighted by Gasteiger charge is -2.19. The Morgan fingerprint density at radius 2 is 1.79 bits per heavy atom. The smallest absolute Gasteiger partial charge is 0.280 e. The van der Waals surface area contributed by atoms with Crippen LogP contribution < -0.4 is 10.1 Å². The molecule has 1 atom stereocenters. The fourth-order valence-corrected chi connectivity index (χ4v) is 3.97. The average Bonchev–Trinajstić information content (AvgIpc) is 2.61.